The zero-order valence-electron chi connectivity index (χ0n) is 9.65. The average Bonchev–Trinajstić information content (AvgIpc) is 2.15. The number of aliphatic hydroxyl groups is 1. The van der Waals surface area contributed by atoms with E-state index < -0.39 is 6.09 Å². The van der Waals surface area contributed by atoms with Crippen molar-refractivity contribution in [3.8, 4) is 5.88 Å². The van der Waals surface area contributed by atoms with E-state index in [2.05, 4.69) is 10.3 Å². The summed E-state index contributed by atoms with van der Waals surface area (Å²) in [6.07, 6.45) is 0.917. The zero-order valence-corrected chi connectivity index (χ0v) is 9.65. The van der Waals surface area contributed by atoms with E-state index in [1.807, 2.05) is 20.8 Å². The summed E-state index contributed by atoms with van der Waals surface area (Å²) in [5.41, 5.74) is 0.291. The molecule has 88 valence electrons. The van der Waals surface area contributed by atoms with Crippen molar-refractivity contribution in [2.24, 2.45) is 0 Å². The summed E-state index contributed by atoms with van der Waals surface area (Å²) < 4.78 is 4.96. The molecule has 0 aliphatic carbocycles. The lowest BCUT2D eigenvalue weighted by Gasteiger charge is -2.19. The molecule has 16 heavy (non-hydrogen) atoms. The number of nitrogens with one attached hydrogen (secondary N) is 1. The van der Waals surface area contributed by atoms with Crippen molar-refractivity contribution in [3.05, 3.63) is 23.9 Å². The molecular weight excluding hydrogens is 208 g/mol. The van der Waals surface area contributed by atoms with Gasteiger partial charge >= 0.3 is 6.09 Å². The summed E-state index contributed by atoms with van der Waals surface area (Å²) in [7, 11) is 0. The van der Waals surface area contributed by atoms with Gasteiger partial charge in [-0.15, -0.1) is 0 Å². The molecule has 1 rings (SSSR count). The number of nitrogens with zero attached hydrogens (tertiary/aromatic N) is 1. The summed E-state index contributed by atoms with van der Waals surface area (Å²) in [6, 6.07) is 3.16. The molecule has 0 unspecified atom stereocenters. The molecule has 1 aromatic heterocycles. The Morgan fingerprint density at radius 3 is 2.81 bits per heavy atom. The third-order valence-electron chi connectivity index (χ3n) is 1.66. The first-order chi connectivity index (χ1) is 7.40. The fourth-order valence-corrected chi connectivity index (χ4v) is 1.03. The first-order valence-electron chi connectivity index (χ1n) is 4.96. The van der Waals surface area contributed by atoms with Gasteiger partial charge in [-0.3, -0.25) is 0 Å². The molecule has 1 aromatic rings. The van der Waals surface area contributed by atoms with Crippen LogP contribution in [0.15, 0.2) is 18.3 Å². The van der Waals surface area contributed by atoms with Crippen molar-refractivity contribution >= 4 is 6.09 Å². The largest absolute Gasteiger partial charge is 0.414 e. The van der Waals surface area contributed by atoms with Gasteiger partial charge in [0.15, 0.2) is 0 Å². The maximum absolute atomic E-state index is 11.4. The Morgan fingerprint density at radius 2 is 2.25 bits per heavy atom. The molecule has 0 aromatic carbocycles. The van der Waals surface area contributed by atoms with Crippen LogP contribution in [0.4, 0.5) is 4.79 Å². The lowest BCUT2D eigenvalue weighted by molar-refractivity contribution is 0.188. The number of rotatable bonds is 2. The van der Waals surface area contributed by atoms with E-state index in [4.69, 9.17) is 9.84 Å². The van der Waals surface area contributed by atoms with Crippen LogP contribution >= 0.6 is 0 Å². The van der Waals surface area contributed by atoms with Gasteiger partial charge in [-0.25, -0.2) is 9.78 Å². The number of carbonyl (C=O) groups is 1. The Bertz CT molecular complexity index is 372. The summed E-state index contributed by atoms with van der Waals surface area (Å²) >= 11 is 0. The molecule has 0 saturated heterocycles. The van der Waals surface area contributed by atoms with Gasteiger partial charge in [0, 0.05) is 17.8 Å². The van der Waals surface area contributed by atoms with E-state index in [1.165, 1.54) is 12.3 Å². The number of aromatic nitrogens is 1. The van der Waals surface area contributed by atoms with Crippen molar-refractivity contribution < 1.29 is 14.6 Å². The van der Waals surface area contributed by atoms with E-state index in [9.17, 15) is 4.79 Å². The van der Waals surface area contributed by atoms with Crippen molar-refractivity contribution in [1.82, 2.24) is 10.3 Å². The third-order valence-corrected chi connectivity index (χ3v) is 1.66. The van der Waals surface area contributed by atoms with Crippen molar-refractivity contribution in [1.29, 1.82) is 0 Å². The summed E-state index contributed by atoms with van der Waals surface area (Å²) in [4.78, 5) is 15.3. The first kappa shape index (κ1) is 12.4. The van der Waals surface area contributed by atoms with Crippen LogP contribution in [-0.4, -0.2) is 21.7 Å². The van der Waals surface area contributed by atoms with Gasteiger partial charge < -0.3 is 15.2 Å². The predicted octanol–water partition coefficient (Wildman–Crippen LogP) is 1.46. The highest BCUT2D eigenvalue weighted by atomic mass is 16.6. The standard InChI is InChI=1S/C11H16N2O3/c1-11(2,3)13-10(15)16-9-6-8(7-14)4-5-12-9/h4-6,14H,7H2,1-3H3,(H,13,15). The number of ether oxygens (including phenoxy) is 1. The minimum Gasteiger partial charge on any atom is -0.392 e. The van der Waals surface area contributed by atoms with Gasteiger partial charge in [-0.1, -0.05) is 0 Å². The zero-order chi connectivity index (χ0) is 12.2. The molecule has 0 saturated carbocycles. The molecule has 1 amide bonds. The number of aliphatic hydroxyl groups excluding tert-OH is 1. The second-order valence-electron chi connectivity index (χ2n) is 4.42. The van der Waals surface area contributed by atoms with E-state index >= 15 is 0 Å². The van der Waals surface area contributed by atoms with Gasteiger partial charge in [-0.2, -0.15) is 0 Å². The molecule has 0 radical (unpaired) electrons. The second kappa shape index (κ2) is 4.94. The number of hydrogen-bond acceptors (Lipinski definition) is 4. The Balaban J connectivity index is 2.62. The monoisotopic (exact) mass is 224 g/mol. The molecule has 0 bridgehead atoms. The lowest BCUT2D eigenvalue weighted by atomic mass is 10.1. The van der Waals surface area contributed by atoms with Crippen LogP contribution in [0.3, 0.4) is 0 Å². The average molecular weight is 224 g/mol. The van der Waals surface area contributed by atoms with Crippen molar-refractivity contribution in [2.75, 3.05) is 0 Å². The maximum Gasteiger partial charge on any atom is 0.414 e. The van der Waals surface area contributed by atoms with Crippen LogP contribution in [0.2, 0.25) is 0 Å². The SMILES string of the molecule is CC(C)(C)NC(=O)Oc1cc(CO)ccn1. The Hall–Kier alpha value is -1.62. The van der Waals surface area contributed by atoms with Crippen molar-refractivity contribution in [2.45, 2.75) is 32.9 Å². The van der Waals surface area contributed by atoms with Crippen LogP contribution in [0, 0.1) is 0 Å². The van der Waals surface area contributed by atoms with E-state index in [1.54, 1.807) is 6.07 Å². The molecule has 0 aliphatic rings. The smallest absolute Gasteiger partial charge is 0.392 e. The number of pyridine rings is 1. The minimum absolute atomic E-state index is 0.111. The molecule has 5 heteroatoms. The highest BCUT2D eigenvalue weighted by Crippen LogP contribution is 2.10. The maximum atomic E-state index is 11.4. The summed E-state index contributed by atoms with van der Waals surface area (Å²) in [6.45, 7) is 5.45. The van der Waals surface area contributed by atoms with Gasteiger partial charge in [0.2, 0.25) is 5.88 Å². The fraction of sp³-hybridized carbons (Fsp3) is 0.455. The second-order valence-corrected chi connectivity index (χ2v) is 4.42. The number of hydrogen-bond donors (Lipinski definition) is 2. The van der Waals surface area contributed by atoms with Gasteiger partial charge in [-0.05, 0) is 32.4 Å². The Morgan fingerprint density at radius 1 is 1.56 bits per heavy atom. The normalized spacial score (nSPS) is 11.0. The van der Waals surface area contributed by atoms with Gasteiger partial charge in [0.05, 0.1) is 6.61 Å². The van der Waals surface area contributed by atoms with Crippen LogP contribution in [0.5, 0.6) is 5.88 Å². The summed E-state index contributed by atoms with van der Waals surface area (Å²) in [5.74, 6) is 0.174. The van der Waals surface area contributed by atoms with Gasteiger partial charge in [0.1, 0.15) is 0 Å². The lowest BCUT2D eigenvalue weighted by Crippen LogP contribution is -2.42. The molecule has 0 aliphatic heterocycles. The third kappa shape index (κ3) is 4.27. The molecule has 2 N–H and O–H groups in total. The molecule has 0 atom stereocenters. The Labute approximate surface area is 94.5 Å². The van der Waals surface area contributed by atoms with E-state index in [0.717, 1.165) is 0 Å². The minimum atomic E-state index is -0.560. The predicted molar refractivity (Wildman–Crippen MR) is 59.1 cm³/mol. The van der Waals surface area contributed by atoms with E-state index in [0.29, 0.717) is 5.56 Å². The van der Waals surface area contributed by atoms with Crippen molar-refractivity contribution in [3.63, 3.8) is 0 Å². The van der Waals surface area contributed by atoms with Crippen LogP contribution < -0.4 is 10.1 Å². The summed E-state index contributed by atoms with van der Waals surface area (Å²) in [5, 5.41) is 11.5. The molecule has 0 fully saturated rings. The number of carbonyl (C=O) groups excluding carboxylic acids is 1. The first-order valence-corrected chi connectivity index (χ1v) is 4.96. The van der Waals surface area contributed by atoms with E-state index in [-0.39, 0.29) is 18.0 Å². The number of amides is 1. The van der Waals surface area contributed by atoms with Gasteiger partial charge in [0.25, 0.3) is 0 Å². The van der Waals surface area contributed by atoms with Crippen LogP contribution in [0.1, 0.15) is 26.3 Å². The quantitative estimate of drug-likeness (QED) is 0.797. The van der Waals surface area contributed by atoms with Crippen LogP contribution in [-0.2, 0) is 6.61 Å². The molecular formula is C11H16N2O3. The Kier molecular flexibility index (Phi) is 3.84. The highest BCUT2D eigenvalue weighted by molar-refractivity contribution is 5.70. The van der Waals surface area contributed by atoms with Crippen LogP contribution in [0.25, 0.3) is 0 Å². The topological polar surface area (TPSA) is 71.5 Å². The molecule has 1 heterocycles. The molecule has 0 spiro atoms. The fourth-order valence-electron chi connectivity index (χ4n) is 1.03. The highest BCUT2D eigenvalue weighted by Gasteiger charge is 2.15. The molecule has 5 nitrogen and oxygen atoms in total.